The van der Waals surface area contributed by atoms with E-state index in [0.717, 1.165) is 59.2 Å². The van der Waals surface area contributed by atoms with Crippen LogP contribution in [-0.2, 0) is 12.6 Å². The minimum atomic E-state index is -4.34. The van der Waals surface area contributed by atoms with Gasteiger partial charge in [0.1, 0.15) is 5.75 Å². The predicted molar refractivity (Wildman–Crippen MR) is 139 cm³/mol. The Bertz CT molecular complexity index is 1250. The van der Waals surface area contributed by atoms with E-state index < -0.39 is 11.7 Å². The van der Waals surface area contributed by atoms with Crippen LogP contribution in [0, 0.1) is 0 Å². The van der Waals surface area contributed by atoms with E-state index in [-0.39, 0.29) is 18.4 Å². The Morgan fingerprint density at radius 3 is 2.34 bits per heavy atom. The quantitative estimate of drug-likeness (QED) is 0.246. The zero-order valence-electron chi connectivity index (χ0n) is 19.7. The molecule has 0 heterocycles. The summed E-state index contributed by atoms with van der Waals surface area (Å²) in [5, 5.41) is 5.69. The molecule has 0 aliphatic carbocycles. The Morgan fingerprint density at radius 2 is 1.63 bits per heavy atom. The number of benzene rings is 4. The van der Waals surface area contributed by atoms with Gasteiger partial charge in [0.2, 0.25) is 0 Å². The maximum Gasteiger partial charge on any atom is 0.416 e. The largest absolute Gasteiger partial charge is 0.497 e. The number of nitrogens with one attached hydrogen (secondary N) is 1. The number of halogens is 4. The van der Waals surface area contributed by atoms with Crippen LogP contribution in [0.1, 0.15) is 36.1 Å². The lowest BCUT2D eigenvalue weighted by Crippen LogP contribution is -2.20. The fourth-order valence-electron chi connectivity index (χ4n) is 4.23. The van der Waals surface area contributed by atoms with E-state index in [1.807, 2.05) is 36.4 Å². The van der Waals surface area contributed by atoms with Crippen molar-refractivity contribution >= 4 is 23.2 Å². The van der Waals surface area contributed by atoms with Crippen molar-refractivity contribution in [1.82, 2.24) is 5.32 Å². The molecule has 0 saturated heterocycles. The first-order valence-corrected chi connectivity index (χ1v) is 11.4. The fourth-order valence-corrected chi connectivity index (χ4v) is 4.23. The van der Waals surface area contributed by atoms with Crippen molar-refractivity contribution in [3.63, 3.8) is 0 Å². The van der Waals surface area contributed by atoms with Crippen LogP contribution in [0.3, 0.4) is 0 Å². The fraction of sp³-hybridized carbons (Fsp3) is 0.241. The summed E-state index contributed by atoms with van der Waals surface area (Å²) in [6.45, 7) is 2.98. The van der Waals surface area contributed by atoms with E-state index in [4.69, 9.17) is 4.74 Å². The molecule has 4 aromatic carbocycles. The van der Waals surface area contributed by atoms with Gasteiger partial charge in [-0.3, -0.25) is 0 Å². The summed E-state index contributed by atoms with van der Waals surface area (Å²) < 4.78 is 44.3. The molecule has 0 spiro atoms. The van der Waals surface area contributed by atoms with Crippen molar-refractivity contribution in [2.75, 3.05) is 13.7 Å². The summed E-state index contributed by atoms with van der Waals surface area (Å²) in [5.74, 6) is 0.845. The summed E-state index contributed by atoms with van der Waals surface area (Å²) in [4.78, 5) is 0. The van der Waals surface area contributed by atoms with Crippen LogP contribution in [0.4, 0.5) is 13.2 Å². The van der Waals surface area contributed by atoms with Crippen molar-refractivity contribution < 1.29 is 17.9 Å². The number of hydrogen-bond donors (Lipinski definition) is 1. The van der Waals surface area contributed by atoms with Crippen LogP contribution in [0.25, 0.3) is 21.9 Å². The van der Waals surface area contributed by atoms with Crippen LogP contribution in [0.2, 0.25) is 0 Å². The van der Waals surface area contributed by atoms with Crippen LogP contribution in [0.15, 0.2) is 84.9 Å². The smallest absolute Gasteiger partial charge is 0.416 e. The minimum Gasteiger partial charge on any atom is -0.497 e. The van der Waals surface area contributed by atoms with Crippen LogP contribution in [0.5, 0.6) is 5.75 Å². The highest BCUT2D eigenvalue weighted by atomic mass is 35.5. The van der Waals surface area contributed by atoms with Crippen molar-refractivity contribution in [3.8, 4) is 16.9 Å². The Kier molecular flexibility index (Phi) is 8.82. The summed E-state index contributed by atoms with van der Waals surface area (Å²) >= 11 is 0. The Morgan fingerprint density at radius 1 is 0.886 bits per heavy atom. The third kappa shape index (κ3) is 6.56. The minimum absolute atomic E-state index is 0. The Hall–Kier alpha value is -3.02. The lowest BCUT2D eigenvalue weighted by atomic mass is 9.93. The first-order chi connectivity index (χ1) is 16.3. The molecule has 4 aromatic rings. The monoisotopic (exact) mass is 499 g/mol. The highest BCUT2D eigenvalue weighted by Crippen LogP contribution is 2.34. The lowest BCUT2D eigenvalue weighted by Gasteiger charge is -2.16. The maximum atomic E-state index is 13.0. The van der Waals surface area contributed by atoms with E-state index in [1.54, 1.807) is 19.2 Å². The standard InChI is InChI=1S/C29H28F3NO.ClH/c1-20(23-9-5-10-26(19-23)34-2)33-16-6-7-21-17-24-8-3-4-11-27(24)28(18-21)22-12-14-25(15-13-22)29(30,31)32;/h3-5,8-15,17-20,33H,6-7,16H2,1-2H3;1H/t20-;/m1./s1. The van der Waals surface area contributed by atoms with Gasteiger partial charge in [0.05, 0.1) is 12.7 Å². The van der Waals surface area contributed by atoms with Crippen LogP contribution in [-0.4, -0.2) is 13.7 Å². The van der Waals surface area contributed by atoms with Gasteiger partial charge in [-0.1, -0.05) is 60.7 Å². The molecule has 0 saturated carbocycles. The molecule has 0 radical (unpaired) electrons. The first-order valence-electron chi connectivity index (χ1n) is 11.4. The van der Waals surface area contributed by atoms with E-state index in [0.29, 0.717) is 0 Å². The second-order valence-corrected chi connectivity index (χ2v) is 8.50. The van der Waals surface area contributed by atoms with E-state index in [2.05, 4.69) is 36.5 Å². The Labute approximate surface area is 210 Å². The second-order valence-electron chi connectivity index (χ2n) is 8.50. The van der Waals surface area contributed by atoms with Gasteiger partial charge in [-0.15, -0.1) is 12.4 Å². The predicted octanol–water partition coefficient (Wildman–Crippen LogP) is 8.24. The molecule has 1 atom stereocenters. The van der Waals surface area contributed by atoms with Crippen molar-refractivity contribution in [3.05, 3.63) is 102 Å². The molecule has 2 nitrogen and oxygen atoms in total. The number of ether oxygens (including phenoxy) is 1. The van der Waals surface area contributed by atoms with Gasteiger partial charge in [-0.05, 0) is 83.6 Å². The van der Waals surface area contributed by atoms with E-state index in [9.17, 15) is 13.2 Å². The van der Waals surface area contributed by atoms with Crippen LogP contribution >= 0.6 is 12.4 Å². The third-order valence-electron chi connectivity index (χ3n) is 6.13. The molecule has 0 amide bonds. The van der Waals surface area contributed by atoms with Gasteiger partial charge in [-0.25, -0.2) is 0 Å². The lowest BCUT2D eigenvalue weighted by molar-refractivity contribution is -0.137. The van der Waals surface area contributed by atoms with Gasteiger partial charge in [0.15, 0.2) is 0 Å². The van der Waals surface area contributed by atoms with Gasteiger partial charge in [0, 0.05) is 6.04 Å². The highest BCUT2D eigenvalue weighted by Gasteiger charge is 2.30. The number of methoxy groups -OCH3 is 1. The highest BCUT2D eigenvalue weighted by molar-refractivity contribution is 5.97. The number of alkyl halides is 3. The van der Waals surface area contributed by atoms with Gasteiger partial charge >= 0.3 is 6.18 Å². The average Bonchev–Trinajstić information content (AvgIpc) is 2.85. The first kappa shape index (κ1) is 26.6. The van der Waals surface area contributed by atoms with E-state index in [1.165, 1.54) is 11.1 Å². The normalized spacial score (nSPS) is 12.3. The zero-order valence-corrected chi connectivity index (χ0v) is 20.5. The zero-order chi connectivity index (χ0) is 24.1. The maximum absolute atomic E-state index is 13.0. The molecule has 1 N–H and O–H groups in total. The number of hydrogen-bond acceptors (Lipinski definition) is 2. The number of aryl methyl sites for hydroxylation is 1. The second kappa shape index (κ2) is 11.6. The molecule has 4 rings (SSSR count). The summed E-state index contributed by atoms with van der Waals surface area (Å²) in [6.07, 6.45) is -2.52. The summed E-state index contributed by atoms with van der Waals surface area (Å²) in [7, 11) is 1.67. The van der Waals surface area contributed by atoms with Gasteiger partial charge in [0.25, 0.3) is 0 Å². The Balaban J connectivity index is 0.00000342. The molecule has 6 heteroatoms. The molecule has 184 valence electrons. The molecule has 0 bridgehead atoms. The molecule has 0 aliphatic heterocycles. The molecule has 35 heavy (non-hydrogen) atoms. The summed E-state index contributed by atoms with van der Waals surface area (Å²) in [6, 6.07) is 26.0. The SMILES string of the molecule is COc1cccc([C@@H](C)NCCCc2cc(-c3ccc(C(F)(F)F)cc3)c3ccccc3c2)c1.Cl. The molecule has 0 unspecified atom stereocenters. The molecular weight excluding hydrogens is 471 g/mol. The molecular formula is C29H29ClF3NO. The van der Waals surface area contributed by atoms with Gasteiger partial charge < -0.3 is 10.1 Å². The molecule has 0 aliphatic rings. The van der Waals surface area contributed by atoms with Crippen LogP contribution < -0.4 is 10.1 Å². The van der Waals surface area contributed by atoms with Crippen molar-refractivity contribution in [1.29, 1.82) is 0 Å². The van der Waals surface area contributed by atoms with E-state index >= 15 is 0 Å². The third-order valence-corrected chi connectivity index (χ3v) is 6.13. The van der Waals surface area contributed by atoms with Crippen molar-refractivity contribution in [2.24, 2.45) is 0 Å². The molecule has 0 aromatic heterocycles. The number of fused-ring (bicyclic) bond motifs is 1. The molecule has 0 fully saturated rings. The van der Waals surface area contributed by atoms with Crippen molar-refractivity contribution in [2.45, 2.75) is 32.0 Å². The topological polar surface area (TPSA) is 21.3 Å². The average molecular weight is 500 g/mol. The summed E-state index contributed by atoms with van der Waals surface area (Å²) in [5.41, 5.74) is 3.46. The number of rotatable bonds is 8. The van der Waals surface area contributed by atoms with Gasteiger partial charge in [-0.2, -0.15) is 13.2 Å².